The third-order valence-corrected chi connectivity index (χ3v) is 5.74. The fraction of sp³-hybridized carbons (Fsp3) is 0.280. The van der Waals surface area contributed by atoms with E-state index in [0.717, 1.165) is 35.0 Å². The summed E-state index contributed by atoms with van der Waals surface area (Å²) in [4.78, 5) is 25.6. The Morgan fingerprint density at radius 1 is 1.03 bits per heavy atom. The highest BCUT2D eigenvalue weighted by Gasteiger charge is 2.21. The van der Waals surface area contributed by atoms with E-state index in [1.807, 2.05) is 50.2 Å². The van der Waals surface area contributed by atoms with Gasteiger partial charge in [-0.25, -0.2) is 0 Å². The highest BCUT2D eigenvalue weighted by molar-refractivity contribution is 6.00. The molecule has 4 N–H and O–H groups in total. The highest BCUT2D eigenvalue weighted by Crippen LogP contribution is 2.25. The normalized spacial score (nSPS) is 17.2. The molecule has 3 aromatic rings. The summed E-state index contributed by atoms with van der Waals surface area (Å²) < 4.78 is 0. The minimum absolute atomic E-state index is 0.105. The van der Waals surface area contributed by atoms with Crippen molar-refractivity contribution in [3.05, 3.63) is 77.4 Å². The molecule has 0 aliphatic carbocycles. The van der Waals surface area contributed by atoms with E-state index in [1.165, 1.54) is 0 Å². The van der Waals surface area contributed by atoms with E-state index in [-0.39, 0.29) is 23.9 Å². The Labute approximate surface area is 182 Å². The van der Waals surface area contributed by atoms with Crippen molar-refractivity contribution in [2.75, 3.05) is 25.0 Å². The van der Waals surface area contributed by atoms with Crippen molar-refractivity contribution in [1.29, 1.82) is 0 Å². The second-order valence-electron chi connectivity index (χ2n) is 7.99. The summed E-state index contributed by atoms with van der Waals surface area (Å²) in [6.07, 6.45) is 0. The molecule has 1 fully saturated rings. The van der Waals surface area contributed by atoms with Crippen LogP contribution in [0.3, 0.4) is 0 Å². The number of amides is 2. The number of rotatable bonds is 5. The molecule has 1 heterocycles. The monoisotopic (exact) mass is 416 g/mol. The van der Waals surface area contributed by atoms with Crippen LogP contribution in [0.15, 0.2) is 60.7 Å². The Balaban J connectivity index is 1.50. The van der Waals surface area contributed by atoms with Crippen LogP contribution in [0, 0.1) is 6.92 Å². The first-order chi connectivity index (χ1) is 15.0. The molecule has 4 rings (SSSR count). The van der Waals surface area contributed by atoms with Gasteiger partial charge in [-0.2, -0.15) is 0 Å². The third-order valence-electron chi connectivity index (χ3n) is 5.74. The molecule has 2 atom stereocenters. The number of carbonyl (C=O) groups is 2. The molecule has 1 saturated heterocycles. The maximum atomic E-state index is 13.1. The molecule has 0 radical (unpaired) electrons. The van der Waals surface area contributed by atoms with Gasteiger partial charge in [0.15, 0.2) is 0 Å². The molecular formula is C25H28N4O2. The molecule has 1 aliphatic rings. The standard InChI is InChI=1S/C25H28N4O2/c1-16-10-11-19(29-25(31)23-15-26-12-13-27-23)14-22(16)24(30)28-17(2)20-9-5-7-18-6-3-4-8-21(18)20/h3-11,14,17,23,26-27H,12-13,15H2,1-2H3,(H,28,30)(H,29,31)/t17-,23?/m1/s1. The van der Waals surface area contributed by atoms with Crippen molar-refractivity contribution >= 4 is 28.3 Å². The first-order valence-electron chi connectivity index (χ1n) is 10.7. The van der Waals surface area contributed by atoms with E-state index >= 15 is 0 Å². The third kappa shape index (κ3) is 4.76. The van der Waals surface area contributed by atoms with Gasteiger partial charge in [0.25, 0.3) is 5.91 Å². The molecule has 160 valence electrons. The fourth-order valence-corrected chi connectivity index (χ4v) is 3.99. The molecule has 3 aromatic carbocycles. The number of anilines is 1. The van der Waals surface area contributed by atoms with Crippen molar-refractivity contribution in [1.82, 2.24) is 16.0 Å². The second kappa shape index (κ2) is 9.29. The number of benzene rings is 3. The van der Waals surface area contributed by atoms with Gasteiger partial charge in [0, 0.05) is 30.9 Å². The van der Waals surface area contributed by atoms with E-state index in [2.05, 4.69) is 39.5 Å². The lowest BCUT2D eigenvalue weighted by atomic mass is 9.99. The number of nitrogens with one attached hydrogen (secondary N) is 4. The first kappa shape index (κ1) is 21.0. The SMILES string of the molecule is Cc1ccc(NC(=O)C2CNCCN2)cc1C(=O)N[C@H](C)c1cccc2ccccc12. The summed E-state index contributed by atoms with van der Waals surface area (Å²) >= 11 is 0. The Kier molecular flexibility index (Phi) is 6.30. The molecule has 0 bridgehead atoms. The lowest BCUT2D eigenvalue weighted by Crippen LogP contribution is -2.54. The lowest BCUT2D eigenvalue weighted by molar-refractivity contribution is -0.118. The summed E-state index contributed by atoms with van der Waals surface area (Å²) in [5.74, 6) is -0.266. The molecule has 6 heteroatoms. The van der Waals surface area contributed by atoms with Gasteiger partial charge in [0.05, 0.1) is 12.1 Å². The zero-order chi connectivity index (χ0) is 21.8. The van der Waals surface area contributed by atoms with Gasteiger partial charge in [-0.1, -0.05) is 48.5 Å². The van der Waals surface area contributed by atoms with Crippen molar-refractivity contribution in [3.8, 4) is 0 Å². The Morgan fingerprint density at radius 2 is 1.84 bits per heavy atom. The Morgan fingerprint density at radius 3 is 2.65 bits per heavy atom. The predicted octanol–water partition coefficient (Wildman–Crippen LogP) is 3.14. The summed E-state index contributed by atoms with van der Waals surface area (Å²) in [5, 5.41) is 14.7. The summed E-state index contributed by atoms with van der Waals surface area (Å²) in [6.45, 7) is 6.09. The smallest absolute Gasteiger partial charge is 0.252 e. The number of aryl methyl sites for hydroxylation is 1. The summed E-state index contributed by atoms with van der Waals surface area (Å²) in [7, 11) is 0. The van der Waals surface area contributed by atoms with E-state index in [9.17, 15) is 9.59 Å². The van der Waals surface area contributed by atoms with E-state index in [4.69, 9.17) is 0 Å². The maximum Gasteiger partial charge on any atom is 0.252 e. The van der Waals surface area contributed by atoms with Crippen LogP contribution >= 0.6 is 0 Å². The Hall–Kier alpha value is -3.22. The van der Waals surface area contributed by atoms with Crippen LogP contribution < -0.4 is 21.3 Å². The molecule has 0 spiro atoms. The largest absolute Gasteiger partial charge is 0.345 e. The van der Waals surface area contributed by atoms with Crippen LogP contribution in [-0.4, -0.2) is 37.5 Å². The van der Waals surface area contributed by atoms with Gasteiger partial charge in [-0.05, 0) is 47.9 Å². The van der Waals surface area contributed by atoms with Crippen molar-refractivity contribution in [2.45, 2.75) is 25.9 Å². The lowest BCUT2D eigenvalue weighted by Gasteiger charge is -2.23. The number of hydrogen-bond acceptors (Lipinski definition) is 4. The average molecular weight is 417 g/mol. The van der Waals surface area contributed by atoms with E-state index < -0.39 is 0 Å². The zero-order valence-electron chi connectivity index (χ0n) is 17.9. The first-order valence-corrected chi connectivity index (χ1v) is 10.7. The van der Waals surface area contributed by atoms with Crippen LogP contribution in [0.5, 0.6) is 0 Å². The molecule has 1 unspecified atom stereocenters. The molecule has 1 aliphatic heterocycles. The zero-order valence-corrected chi connectivity index (χ0v) is 17.9. The van der Waals surface area contributed by atoms with Crippen LogP contribution in [0.25, 0.3) is 10.8 Å². The average Bonchev–Trinajstić information content (AvgIpc) is 2.80. The van der Waals surface area contributed by atoms with Crippen LogP contribution in [-0.2, 0) is 4.79 Å². The molecular weight excluding hydrogens is 388 g/mol. The highest BCUT2D eigenvalue weighted by atomic mass is 16.2. The topological polar surface area (TPSA) is 82.3 Å². The van der Waals surface area contributed by atoms with Crippen LogP contribution in [0.1, 0.15) is 34.5 Å². The number of fused-ring (bicyclic) bond motifs is 1. The quantitative estimate of drug-likeness (QED) is 0.515. The van der Waals surface area contributed by atoms with E-state index in [1.54, 1.807) is 6.07 Å². The van der Waals surface area contributed by atoms with Gasteiger partial charge in [0.1, 0.15) is 0 Å². The summed E-state index contributed by atoms with van der Waals surface area (Å²) in [6, 6.07) is 19.3. The molecule has 0 aromatic heterocycles. The van der Waals surface area contributed by atoms with Crippen LogP contribution in [0.2, 0.25) is 0 Å². The molecule has 6 nitrogen and oxygen atoms in total. The van der Waals surface area contributed by atoms with Gasteiger partial charge >= 0.3 is 0 Å². The number of piperazine rings is 1. The summed E-state index contributed by atoms with van der Waals surface area (Å²) in [5.41, 5.74) is 3.10. The van der Waals surface area contributed by atoms with Crippen molar-refractivity contribution < 1.29 is 9.59 Å². The number of hydrogen-bond donors (Lipinski definition) is 4. The second-order valence-corrected chi connectivity index (χ2v) is 7.99. The molecule has 0 saturated carbocycles. The minimum Gasteiger partial charge on any atom is -0.345 e. The van der Waals surface area contributed by atoms with Crippen molar-refractivity contribution in [3.63, 3.8) is 0 Å². The van der Waals surface area contributed by atoms with Gasteiger partial charge < -0.3 is 21.3 Å². The van der Waals surface area contributed by atoms with Crippen LogP contribution in [0.4, 0.5) is 5.69 Å². The van der Waals surface area contributed by atoms with E-state index in [0.29, 0.717) is 17.8 Å². The molecule has 31 heavy (non-hydrogen) atoms. The predicted molar refractivity (Wildman–Crippen MR) is 124 cm³/mol. The fourth-order valence-electron chi connectivity index (χ4n) is 3.99. The van der Waals surface area contributed by atoms with Gasteiger partial charge in [-0.15, -0.1) is 0 Å². The Bertz CT molecular complexity index is 1100. The maximum absolute atomic E-state index is 13.1. The molecule has 2 amide bonds. The van der Waals surface area contributed by atoms with Crippen molar-refractivity contribution in [2.24, 2.45) is 0 Å². The number of carbonyl (C=O) groups excluding carboxylic acids is 2. The minimum atomic E-state index is -0.279. The van der Waals surface area contributed by atoms with Gasteiger partial charge in [-0.3, -0.25) is 9.59 Å². The van der Waals surface area contributed by atoms with Gasteiger partial charge in [0.2, 0.25) is 5.91 Å².